The molecule has 0 unspecified atom stereocenters. The molecule has 0 atom stereocenters. The molecule has 0 fully saturated rings. The summed E-state index contributed by atoms with van der Waals surface area (Å²) in [5.74, 6) is 1.26. The van der Waals surface area contributed by atoms with Crippen LogP contribution >= 0.6 is 0 Å². The highest BCUT2D eigenvalue weighted by molar-refractivity contribution is 5.93. The molecular formula is C17H20O2. The number of benzene rings is 1. The van der Waals surface area contributed by atoms with Crippen LogP contribution in [0.5, 0.6) is 0 Å². The Bertz CT molecular complexity index is 535. The summed E-state index contributed by atoms with van der Waals surface area (Å²) >= 11 is 0. The van der Waals surface area contributed by atoms with Gasteiger partial charge in [-0.1, -0.05) is 44.5 Å². The number of rotatable bonds is 6. The van der Waals surface area contributed by atoms with E-state index >= 15 is 0 Å². The second kappa shape index (κ2) is 6.37. The molecule has 0 radical (unpaired) electrons. The highest BCUT2D eigenvalue weighted by Gasteiger charge is 2.10. The van der Waals surface area contributed by atoms with E-state index in [-0.39, 0.29) is 5.78 Å². The third-order valence-corrected chi connectivity index (χ3v) is 3.26. The standard InChI is InChI=1S/C17H20O2/c1-3-5-6-13-7-9-14(10-8-13)16-11-12-17(19-16)15(18)4-2/h7-12H,3-6H2,1-2H3. The number of aryl methyl sites for hydroxylation is 1. The van der Waals surface area contributed by atoms with Crippen molar-refractivity contribution in [2.24, 2.45) is 0 Å². The van der Waals surface area contributed by atoms with Gasteiger partial charge >= 0.3 is 0 Å². The van der Waals surface area contributed by atoms with Crippen LogP contribution in [0, 0.1) is 0 Å². The Hall–Kier alpha value is -1.83. The molecule has 2 nitrogen and oxygen atoms in total. The Morgan fingerprint density at radius 2 is 1.79 bits per heavy atom. The van der Waals surface area contributed by atoms with E-state index in [1.165, 1.54) is 18.4 Å². The average molecular weight is 256 g/mol. The lowest BCUT2D eigenvalue weighted by atomic mass is 10.1. The van der Waals surface area contributed by atoms with Gasteiger partial charge in [0.2, 0.25) is 0 Å². The number of carbonyl (C=O) groups excluding carboxylic acids is 1. The van der Waals surface area contributed by atoms with Crippen molar-refractivity contribution in [3.05, 3.63) is 47.7 Å². The first-order valence-electron chi connectivity index (χ1n) is 6.97. The summed E-state index contributed by atoms with van der Waals surface area (Å²) < 4.78 is 5.59. The van der Waals surface area contributed by atoms with Gasteiger partial charge in [0.25, 0.3) is 0 Å². The van der Waals surface area contributed by atoms with E-state index in [1.807, 2.05) is 13.0 Å². The number of Topliss-reactive ketones (excluding diaryl/α,β-unsaturated/α-hetero) is 1. The van der Waals surface area contributed by atoms with Crippen molar-refractivity contribution in [1.82, 2.24) is 0 Å². The van der Waals surface area contributed by atoms with Crippen molar-refractivity contribution >= 4 is 5.78 Å². The van der Waals surface area contributed by atoms with Crippen LogP contribution in [-0.2, 0) is 6.42 Å². The minimum atomic E-state index is 0.0471. The fourth-order valence-electron chi connectivity index (χ4n) is 2.03. The van der Waals surface area contributed by atoms with Crippen LogP contribution in [0.15, 0.2) is 40.8 Å². The largest absolute Gasteiger partial charge is 0.453 e. The van der Waals surface area contributed by atoms with E-state index in [4.69, 9.17) is 4.42 Å². The van der Waals surface area contributed by atoms with Gasteiger partial charge in [0.1, 0.15) is 5.76 Å². The van der Waals surface area contributed by atoms with Crippen LogP contribution < -0.4 is 0 Å². The lowest BCUT2D eigenvalue weighted by Crippen LogP contribution is -1.92. The molecule has 100 valence electrons. The summed E-state index contributed by atoms with van der Waals surface area (Å²) in [6.07, 6.45) is 4.02. The van der Waals surface area contributed by atoms with Crippen LogP contribution in [0.2, 0.25) is 0 Å². The smallest absolute Gasteiger partial charge is 0.197 e. The molecule has 1 aromatic carbocycles. The molecule has 1 heterocycles. The summed E-state index contributed by atoms with van der Waals surface area (Å²) in [7, 11) is 0. The maximum Gasteiger partial charge on any atom is 0.197 e. The first kappa shape index (κ1) is 13.6. The zero-order chi connectivity index (χ0) is 13.7. The lowest BCUT2D eigenvalue weighted by Gasteiger charge is -2.01. The molecule has 19 heavy (non-hydrogen) atoms. The third-order valence-electron chi connectivity index (χ3n) is 3.26. The molecule has 2 heteroatoms. The van der Waals surface area contributed by atoms with Crippen molar-refractivity contribution in [3.63, 3.8) is 0 Å². The quantitative estimate of drug-likeness (QED) is 0.689. The lowest BCUT2D eigenvalue weighted by molar-refractivity contribution is 0.0962. The van der Waals surface area contributed by atoms with Crippen LogP contribution in [0.1, 0.15) is 49.2 Å². The number of ketones is 1. The van der Waals surface area contributed by atoms with Crippen LogP contribution in [0.3, 0.4) is 0 Å². The molecule has 0 saturated carbocycles. The number of furan rings is 1. The van der Waals surface area contributed by atoms with Crippen molar-refractivity contribution in [1.29, 1.82) is 0 Å². The van der Waals surface area contributed by atoms with E-state index < -0.39 is 0 Å². The predicted octanol–water partition coefficient (Wildman–Crippen LogP) is 4.88. The maximum absolute atomic E-state index is 11.5. The molecule has 1 aromatic heterocycles. The number of hydrogen-bond acceptors (Lipinski definition) is 2. The number of unbranched alkanes of at least 4 members (excludes halogenated alkanes) is 1. The molecule has 0 aliphatic carbocycles. The summed E-state index contributed by atoms with van der Waals surface area (Å²) in [4.78, 5) is 11.5. The summed E-state index contributed by atoms with van der Waals surface area (Å²) in [5.41, 5.74) is 2.37. The minimum Gasteiger partial charge on any atom is -0.453 e. The Labute approximate surface area is 114 Å². The van der Waals surface area contributed by atoms with Gasteiger partial charge in [0.05, 0.1) is 0 Å². The van der Waals surface area contributed by atoms with E-state index in [2.05, 4.69) is 31.2 Å². The highest BCUT2D eigenvalue weighted by Crippen LogP contribution is 2.23. The van der Waals surface area contributed by atoms with Crippen molar-refractivity contribution in [3.8, 4) is 11.3 Å². The summed E-state index contributed by atoms with van der Waals surface area (Å²) in [5, 5.41) is 0. The summed E-state index contributed by atoms with van der Waals surface area (Å²) in [6.45, 7) is 4.04. The molecule has 0 aliphatic heterocycles. The Balaban J connectivity index is 2.13. The predicted molar refractivity (Wildman–Crippen MR) is 77.4 cm³/mol. The van der Waals surface area contributed by atoms with Gasteiger partial charge in [-0.2, -0.15) is 0 Å². The normalized spacial score (nSPS) is 10.6. The van der Waals surface area contributed by atoms with Gasteiger partial charge in [0.15, 0.2) is 11.5 Å². The Morgan fingerprint density at radius 1 is 1.05 bits per heavy atom. The zero-order valence-electron chi connectivity index (χ0n) is 11.6. The van der Waals surface area contributed by atoms with E-state index in [9.17, 15) is 4.79 Å². The molecule has 2 aromatic rings. The fraction of sp³-hybridized carbons (Fsp3) is 0.353. The molecule has 0 aliphatic rings. The second-order valence-corrected chi connectivity index (χ2v) is 4.74. The van der Waals surface area contributed by atoms with E-state index in [0.717, 1.165) is 17.7 Å². The first-order chi connectivity index (χ1) is 9.24. The summed E-state index contributed by atoms with van der Waals surface area (Å²) in [6, 6.07) is 12.0. The molecule has 0 saturated heterocycles. The van der Waals surface area contributed by atoms with Gasteiger partial charge in [-0.3, -0.25) is 4.79 Å². The molecule has 0 bridgehead atoms. The maximum atomic E-state index is 11.5. The zero-order valence-corrected chi connectivity index (χ0v) is 11.6. The highest BCUT2D eigenvalue weighted by atomic mass is 16.3. The Kier molecular flexibility index (Phi) is 4.56. The SMILES string of the molecule is CCCCc1ccc(-c2ccc(C(=O)CC)o2)cc1. The van der Waals surface area contributed by atoms with Crippen LogP contribution in [-0.4, -0.2) is 5.78 Å². The average Bonchev–Trinajstić information content (AvgIpc) is 2.94. The van der Waals surface area contributed by atoms with Crippen LogP contribution in [0.25, 0.3) is 11.3 Å². The molecular weight excluding hydrogens is 236 g/mol. The molecule has 0 N–H and O–H groups in total. The first-order valence-corrected chi connectivity index (χ1v) is 6.97. The van der Waals surface area contributed by atoms with Gasteiger partial charge in [-0.15, -0.1) is 0 Å². The van der Waals surface area contributed by atoms with E-state index in [0.29, 0.717) is 12.2 Å². The third kappa shape index (κ3) is 3.34. The number of carbonyl (C=O) groups is 1. The van der Waals surface area contributed by atoms with Crippen molar-refractivity contribution < 1.29 is 9.21 Å². The second-order valence-electron chi connectivity index (χ2n) is 4.74. The molecule has 0 spiro atoms. The fourth-order valence-corrected chi connectivity index (χ4v) is 2.03. The number of hydrogen-bond donors (Lipinski definition) is 0. The topological polar surface area (TPSA) is 30.2 Å². The molecule has 0 amide bonds. The van der Waals surface area contributed by atoms with Crippen molar-refractivity contribution in [2.75, 3.05) is 0 Å². The Morgan fingerprint density at radius 3 is 2.42 bits per heavy atom. The van der Waals surface area contributed by atoms with Crippen molar-refractivity contribution in [2.45, 2.75) is 39.5 Å². The minimum absolute atomic E-state index is 0.0471. The molecule has 2 rings (SSSR count). The van der Waals surface area contributed by atoms with Crippen LogP contribution in [0.4, 0.5) is 0 Å². The van der Waals surface area contributed by atoms with Gasteiger partial charge in [0, 0.05) is 12.0 Å². The van der Waals surface area contributed by atoms with Gasteiger partial charge < -0.3 is 4.42 Å². The van der Waals surface area contributed by atoms with Gasteiger partial charge in [-0.25, -0.2) is 0 Å². The van der Waals surface area contributed by atoms with Gasteiger partial charge in [-0.05, 0) is 30.5 Å². The van der Waals surface area contributed by atoms with E-state index in [1.54, 1.807) is 6.07 Å². The monoisotopic (exact) mass is 256 g/mol.